The van der Waals surface area contributed by atoms with Gasteiger partial charge in [0.25, 0.3) is 0 Å². The Morgan fingerprint density at radius 1 is 1.21 bits per heavy atom. The number of hydrogen-bond donors (Lipinski definition) is 1. The van der Waals surface area contributed by atoms with Crippen LogP contribution in [0.5, 0.6) is 0 Å². The van der Waals surface area contributed by atoms with Crippen LogP contribution in [-0.4, -0.2) is 28.2 Å². The van der Waals surface area contributed by atoms with E-state index in [-0.39, 0.29) is 0 Å². The van der Waals surface area contributed by atoms with Crippen molar-refractivity contribution in [1.82, 2.24) is 20.4 Å². The van der Waals surface area contributed by atoms with Crippen LogP contribution < -0.4 is 5.32 Å². The topological polar surface area (TPSA) is 63.8 Å². The van der Waals surface area contributed by atoms with Gasteiger partial charge in [-0.15, -0.1) is 0 Å². The second-order valence-electron chi connectivity index (χ2n) is 4.75. The molecule has 2 aromatic heterocycles. The van der Waals surface area contributed by atoms with E-state index in [0.717, 1.165) is 29.8 Å². The zero-order valence-corrected chi connectivity index (χ0v) is 11.9. The van der Waals surface area contributed by atoms with Crippen LogP contribution in [0.1, 0.15) is 30.6 Å². The molecule has 0 amide bonds. The zero-order valence-electron chi connectivity index (χ0n) is 11.9. The third kappa shape index (κ3) is 3.38. The lowest BCUT2D eigenvalue weighted by Crippen LogP contribution is -2.26. The monoisotopic (exact) mass is 260 g/mol. The Bertz CT molecular complexity index is 526. The van der Waals surface area contributed by atoms with Crippen molar-refractivity contribution < 1.29 is 4.52 Å². The van der Waals surface area contributed by atoms with Crippen LogP contribution in [0.25, 0.3) is 11.4 Å². The summed E-state index contributed by atoms with van der Waals surface area (Å²) in [5.74, 6) is 1.30. The van der Waals surface area contributed by atoms with Gasteiger partial charge in [-0.2, -0.15) is 4.98 Å². The maximum absolute atomic E-state index is 5.31. The van der Waals surface area contributed by atoms with Gasteiger partial charge in [-0.05, 0) is 39.4 Å². The number of rotatable bonds is 5. The Morgan fingerprint density at radius 2 is 1.89 bits per heavy atom. The van der Waals surface area contributed by atoms with E-state index in [1.54, 1.807) is 0 Å². The Morgan fingerprint density at radius 3 is 2.47 bits per heavy atom. The summed E-state index contributed by atoms with van der Waals surface area (Å²) in [7, 11) is 1.95. The van der Waals surface area contributed by atoms with Gasteiger partial charge in [0.05, 0.1) is 0 Å². The van der Waals surface area contributed by atoms with Gasteiger partial charge in [-0.3, -0.25) is 4.98 Å². The molecule has 0 aliphatic rings. The lowest BCUT2D eigenvalue weighted by atomic mass is 10.1. The third-order valence-corrected chi connectivity index (χ3v) is 3.13. The second-order valence-corrected chi connectivity index (χ2v) is 4.75. The Kier molecular flexibility index (Phi) is 4.27. The van der Waals surface area contributed by atoms with Gasteiger partial charge in [0.1, 0.15) is 0 Å². The largest absolute Gasteiger partial charge is 0.339 e. The third-order valence-electron chi connectivity index (χ3n) is 3.13. The molecule has 0 radical (unpaired) electrons. The van der Waals surface area contributed by atoms with E-state index in [1.165, 1.54) is 0 Å². The van der Waals surface area contributed by atoms with Crippen molar-refractivity contribution in [3.63, 3.8) is 0 Å². The molecule has 0 aromatic carbocycles. The van der Waals surface area contributed by atoms with Crippen LogP contribution in [0.2, 0.25) is 0 Å². The molecule has 102 valence electrons. The van der Waals surface area contributed by atoms with Crippen molar-refractivity contribution in [1.29, 1.82) is 0 Å². The molecule has 0 aliphatic carbocycles. The van der Waals surface area contributed by atoms with Gasteiger partial charge < -0.3 is 9.84 Å². The summed E-state index contributed by atoms with van der Waals surface area (Å²) in [4.78, 5) is 8.80. The summed E-state index contributed by atoms with van der Waals surface area (Å²) in [5.41, 5.74) is 2.88. The van der Waals surface area contributed by atoms with Crippen molar-refractivity contribution in [3.05, 3.63) is 29.4 Å². The number of aryl methyl sites for hydroxylation is 2. The van der Waals surface area contributed by atoms with Crippen molar-refractivity contribution in [2.24, 2.45) is 0 Å². The van der Waals surface area contributed by atoms with Gasteiger partial charge in [0.2, 0.25) is 11.7 Å². The predicted octanol–water partition coefficient (Wildman–Crippen LogP) is 2.29. The molecule has 2 aromatic rings. The first-order valence-corrected chi connectivity index (χ1v) is 6.58. The fourth-order valence-electron chi connectivity index (χ4n) is 2.08. The fraction of sp³-hybridized carbons (Fsp3) is 0.500. The SMILES string of the molecule is CCC(Cc1nc(-c2cc(C)nc(C)c2)no1)NC. The van der Waals surface area contributed by atoms with E-state index >= 15 is 0 Å². The summed E-state index contributed by atoms with van der Waals surface area (Å²) in [6.07, 6.45) is 1.78. The Balaban J connectivity index is 2.20. The standard InChI is InChI=1S/C14H20N4O/c1-5-12(15-4)8-13-17-14(18-19-13)11-6-9(2)16-10(3)7-11/h6-7,12,15H,5,8H2,1-4H3. The van der Waals surface area contributed by atoms with E-state index in [9.17, 15) is 0 Å². The van der Waals surface area contributed by atoms with Crippen LogP contribution in [0.3, 0.4) is 0 Å². The Hall–Kier alpha value is -1.75. The number of pyridine rings is 1. The van der Waals surface area contributed by atoms with Gasteiger partial charge in [-0.1, -0.05) is 12.1 Å². The van der Waals surface area contributed by atoms with E-state index in [1.807, 2.05) is 33.0 Å². The smallest absolute Gasteiger partial charge is 0.228 e. The van der Waals surface area contributed by atoms with Crippen LogP contribution in [0, 0.1) is 13.8 Å². The minimum Gasteiger partial charge on any atom is -0.339 e. The number of hydrogen-bond acceptors (Lipinski definition) is 5. The highest BCUT2D eigenvalue weighted by Crippen LogP contribution is 2.18. The van der Waals surface area contributed by atoms with Gasteiger partial charge in [0, 0.05) is 29.4 Å². The molecule has 1 atom stereocenters. The molecule has 2 heterocycles. The van der Waals surface area contributed by atoms with Crippen LogP contribution >= 0.6 is 0 Å². The van der Waals surface area contributed by atoms with Crippen LogP contribution in [0.15, 0.2) is 16.7 Å². The van der Waals surface area contributed by atoms with Crippen molar-refractivity contribution >= 4 is 0 Å². The molecule has 5 nitrogen and oxygen atoms in total. The minimum atomic E-state index is 0.370. The molecule has 19 heavy (non-hydrogen) atoms. The number of nitrogens with zero attached hydrogens (tertiary/aromatic N) is 3. The molecule has 0 saturated heterocycles. The molecule has 2 rings (SSSR count). The highest BCUT2D eigenvalue weighted by Gasteiger charge is 2.13. The Labute approximate surface area is 113 Å². The van der Waals surface area contributed by atoms with Crippen molar-refractivity contribution in [2.75, 3.05) is 7.05 Å². The van der Waals surface area contributed by atoms with Crippen molar-refractivity contribution in [2.45, 2.75) is 39.7 Å². The number of likely N-dealkylation sites (N-methyl/N-ethyl adjacent to an activating group) is 1. The van der Waals surface area contributed by atoms with Crippen LogP contribution in [-0.2, 0) is 6.42 Å². The highest BCUT2D eigenvalue weighted by molar-refractivity contribution is 5.55. The van der Waals surface area contributed by atoms with Gasteiger partial charge >= 0.3 is 0 Å². The number of aromatic nitrogens is 3. The average Bonchev–Trinajstić information content (AvgIpc) is 2.83. The molecular weight excluding hydrogens is 240 g/mol. The van der Waals surface area contributed by atoms with E-state index in [0.29, 0.717) is 17.8 Å². The lowest BCUT2D eigenvalue weighted by molar-refractivity contribution is 0.359. The first-order chi connectivity index (χ1) is 9.12. The molecule has 0 bridgehead atoms. The summed E-state index contributed by atoms with van der Waals surface area (Å²) in [6, 6.07) is 4.31. The van der Waals surface area contributed by atoms with Crippen molar-refractivity contribution in [3.8, 4) is 11.4 Å². The summed E-state index contributed by atoms with van der Waals surface area (Å²) < 4.78 is 5.31. The molecule has 5 heteroatoms. The fourth-order valence-corrected chi connectivity index (χ4v) is 2.08. The van der Waals surface area contributed by atoms with E-state index in [4.69, 9.17) is 4.52 Å². The minimum absolute atomic E-state index is 0.370. The molecule has 0 spiro atoms. The molecule has 0 fully saturated rings. The molecule has 0 aliphatic heterocycles. The maximum Gasteiger partial charge on any atom is 0.228 e. The summed E-state index contributed by atoms with van der Waals surface area (Å²) >= 11 is 0. The maximum atomic E-state index is 5.31. The molecule has 1 unspecified atom stereocenters. The van der Waals surface area contributed by atoms with Gasteiger partial charge in [0.15, 0.2) is 0 Å². The molecule has 0 saturated carbocycles. The van der Waals surface area contributed by atoms with Crippen LogP contribution in [0.4, 0.5) is 0 Å². The molecular formula is C14H20N4O. The summed E-state index contributed by atoms with van der Waals surface area (Å²) in [5, 5.41) is 7.28. The number of nitrogens with one attached hydrogen (secondary N) is 1. The van der Waals surface area contributed by atoms with E-state index < -0.39 is 0 Å². The summed E-state index contributed by atoms with van der Waals surface area (Å²) in [6.45, 7) is 6.06. The molecule has 1 N–H and O–H groups in total. The van der Waals surface area contributed by atoms with E-state index in [2.05, 4.69) is 27.4 Å². The average molecular weight is 260 g/mol. The first kappa shape index (κ1) is 13.7. The normalized spacial score (nSPS) is 12.6. The first-order valence-electron chi connectivity index (χ1n) is 6.58. The van der Waals surface area contributed by atoms with Gasteiger partial charge in [-0.25, -0.2) is 0 Å². The lowest BCUT2D eigenvalue weighted by Gasteiger charge is -2.09. The highest BCUT2D eigenvalue weighted by atomic mass is 16.5. The zero-order chi connectivity index (χ0) is 13.8. The quantitative estimate of drug-likeness (QED) is 0.893. The predicted molar refractivity (Wildman–Crippen MR) is 73.8 cm³/mol. The second kappa shape index (κ2) is 5.93.